The number of esters is 2. The summed E-state index contributed by atoms with van der Waals surface area (Å²) < 4.78 is 17.7. The zero-order chi connectivity index (χ0) is 38.5. The van der Waals surface area contributed by atoms with Crippen LogP contribution in [0.5, 0.6) is 0 Å². The van der Waals surface area contributed by atoms with Gasteiger partial charge in [-0.2, -0.15) is 0 Å². The summed E-state index contributed by atoms with van der Waals surface area (Å²) in [6.45, 7) is 16.1. The Morgan fingerprint density at radius 3 is 1.72 bits per heavy atom. The zero-order valence-electron chi connectivity index (χ0n) is 36.0. The highest BCUT2D eigenvalue weighted by Crippen LogP contribution is 2.20. The molecule has 0 aromatic heterocycles. The fourth-order valence-electron chi connectivity index (χ4n) is 7.76. The van der Waals surface area contributed by atoms with Crippen molar-refractivity contribution < 1.29 is 23.8 Å². The normalized spacial score (nSPS) is 14.8. The van der Waals surface area contributed by atoms with Gasteiger partial charge in [-0.25, -0.2) is 0 Å². The lowest BCUT2D eigenvalue weighted by molar-refractivity contribution is -0.150. The maximum Gasteiger partial charge on any atom is 0.305 e. The van der Waals surface area contributed by atoms with Crippen LogP contribution in [-0.4, -0.2) is 86.9 Å². The first-order valence-corrected chi connectivity index (χ1v) is 23.3. The minimum atomic E-state index is -0.252. The Morgan fingerprint density at radius 1 is 0.604 bits per heavy atom. The maximum atomic E-state index is 12.8. The third-order valence-corrected chi connectivity index (χ3v) is 11.2. The summed E-state index contributed by atoms with van der Waals surface area (Å²) in [6, 6.07) is 0. The Balaban J connectivity index is 2.45. The van der Waals surface area contributed by atoms with Crippen LogP contribution in [0.3, 0.4) is 0 Å². The van der Waals surface area contributed by atoms with Crippen molar-refractivity contribution in [2.45, 2.75) is 220 Å². The summed E-state index contributed by atoms with van der Waals surface area (Å²) in [5.74, 6) is 0.254. The predicted octanol–water partition coefficient (Wildman–Crippen LogP) is 12.1. The Kier molecular flexibility index (Phi) is 35.5. The largest absolute Gasteiger partial charge is 0.465 e. The third-order valence-electron chi connectivity index (χ3n) is 11.2. The van der Waals surface area contributed by atoms with Crippen LogP contribution in [0, 0.1) is 5.92 Å². The quantitative estimate of drug-likeness (QED) is 0.0458. The molecular weight excluding hydrogens is 661 g/mol. The molecule has 1 heterocycles. The van der Waals surface area contributed by atoms with Gasteiger partial charge >= 0.3 is 11.9 Å². The lowest BCUT2D eigenvalue weighted by Gasteiger charge is -2.31. The van der Waals surface area contributed by atoms with Crippen LogP contribution in [0.4, 0.5) is 0 Å². The van der Waals surface area contributed by atoms with Gasteiger partial charge in [0, 0.05) is 39.6 Å². The number of unbranched alkanes of at least 4 members (excludes halogenated alkanes) is 19. The molecular formula is C46H90N2O5. The second kappa shape index (κ2) is 37.7. The van der Waals surface area contributed by atoms with Crippen LogP contribution in [-0.2, 0) is 23.8 Å². The topological polar surface area (TPSA) is 68.3 Å². The zero-order valence-corrected chi connectivity index (χ0v) is 36.0. The summed E-state index contributed by atoms with van der Waals surface area (Å²) in [4.78, 5) is 29.8. The molecule has 0 N–H and O–H groups in total. The minimum Gasteiger partial charge on any atom is -0.465 e. The molecule has 0 aromatic rings. The number of ether oxygens (including phenoxy) is 3. The van der Waals surface area contributed by atoms with Gasteiger partial charge in [0.1, 0.15) is 6.10 Å². The van der Waals surface area contributed by atoms with Crippen molar-refractivity contribution >= 4 is 11.9 Å². The van der Waals surface area contributed by atoms with Gasteiger partial charge in [0.2, 0.25) is 0 Å². The highest BCUT2D eigenvalue weighted by molar-refractivity contribution is 5.69. The van der Waals surface area contributed by atoms with E-state index in [9.17, 15) is 9.59 Å². The molecule has 0 saturated carbocycles. The summed E-state index contributed by atoms with van der Waals surface area (Å²) in [7, 11) is 0. The van der Waals surface area contributed by atoms with E-state index >= 15 is 0 Å². The van der Waals surface area contributed by atoms with Gasteiger partial charge in [-0.15, -0.1) is 0 Å². The van der Waals surface area contributed by atoms with Crippen LogP contribution < -0.4 is 0 Å². The van der Waals surface area contributed by atoms with Crippen molar-refractivity contribution in [3.05, 3.63) is 0 Å². The van der Waals surface area contributed by atoms with E-state index in [1.807, 2.05) is 0 Å². The Hall–Kier alpha value is -1.18. The third kappa shape index (κ3) is 32.7. The van der Waals surface area contributed by atoms with E-state index in [-0.39, 0.29) is 18.0 Å². The number of piperidine rings is 1. The Labute approximate surface area is 329 Å². The van der Waals surface area contributed by atoms with Gasteiger partial charge in [0.05, 0.1) is 13.2 Å². The summed E-state index contributed by atoms with van der Waals surface area (Å²) >= 11 is 0. The van der Waals surface area contributed by atoms with Crippen molar-refractivity contribution in [2.75, 3.05) is 59.1 Å². The number of nitrogens with zero attached hydrogens (tertiary/aromatic N) is 2. The molecule has 53 heavy (non-hydrogen) atoms. The predicted molar refractivity (Wildman–Crippen MR) is 225 cm³/mol. The van der Waals surface area contributed by atoms with E-state index in [4.69, 9.17) is 14.2 Å². The minimum absolute atomic E-state index is 0.0251. The second-order valence-electron chi connectivity index (χ2n) is 16.5. The molecule has 0 aromatic carbocycles. The molecule has 0 bridgehead atoms. The molecule has 2 unspecified atom stereocenters. The first-order chi connectivity index (χ1) is 26.0. The van der Waals surface area contributed by atoms with Gasteiger partial charge in [0.15, 0.2) is 0 Å². The molecule has 0 aliphatic carbocycles. The molecule has 314 valence electrons. The van der Waals surface area contributed by atoms with Crippen LogP contribution in [0.25, 0.3) is 0 Å². The number of rotatable bonds is 39. The fraction of sp³-hybridized carbons (Fsp3) is 0.957. The summed E-state index contributed by atoms with van der Waals surface area (Å²) in [5, 5.41) is 0. The van der Waals surface area contributed by atoms with Crippen LogP contribution in [0.1, 0.15) is 214 Å². The molecule has 1 aliphatic rings. The summed E-state index contributed by atoms with van der Waals surface area (Å²) in [5.41, 5.74) is 0. The van der Waals surface area contributed by atoms with Gasteiger partial charge in [-0.3, -0.25) is 14.5 Å². The van der Waals surface area contributed by atoms with E-state index in [2.05, 4.69) is 30.6 Å². The molecule has 7 nitrogen and oxygen atoms in total. The molecule has 1 rings (SSSR count). The monoisotopic (exact) mass is 751 g/mol. The molecule has 0 spiro atoms. The molecule has 2 atom stereocenters. The van der Waals surface area contributed by atoms with Crippen LogP contribution in [0.15, 0.2) is 0 Å². The highest BCUT2D eigenvalue weighted by atomic mass is 16.6. The van der Waals surface area contributed by atoms with Gasteiger partial charge < -0.3 is 19.1 Å². The molecule has 1 saturated heterocycles. The van der Waals surface area contributed by atoms with E-state index in [1.54, 1.807) is 0 Å². The van der Waals surface area contributed by atoms with Gasteiger partial charge in [0.25, 0.3) is 0 Å². The smallest absolute Gasteiger partial charge is 0.305 e. The standard InChI is InChI=1S/C46H90N2O5/c1-5-8-11-14-16-17-18-19-21-30-39-51-42-45(53-43(4)49)40-48(38-37-47-34-28-23-29-35-47)36-27-22-26-33-46(50)52-41-44(31-24-13-10-7-3)32-25-20-15-12-9-6-2/h44-45H,5-42H2,1-4H3. The average molecular weight is 751 g/mol. The van der Waals surface area contributed by atoms with E-state index in [0.29, 0.717) is 32.1 Å². The van der Waals surface area contributed by atoms with Crippen molar-refractivity contribution in [3.8, 4) is 0 Å². The first-order valence-electron chi connectivity index (χ1n) is 23.3. The van der Waals surface area contributed by atoms with E-state index < -0.39 is 0 Å². The number of carbonyl (C=O) groups is 2. The van der Waals surface area contributed by atoms with E-state index in [0.717, 1.165) is 51.9 Å². The highest BCUT2D eigenvalue weighted by Gasteiger charge is 2.19. The summed E-state index contributed by atoms with van der Waals surface area (Å²) in [6.07, 6.45) is 35.5. The molecule has 7 heteroatoms. The molecule has 1 aliphatic heterocycles. The van der Waals surface area contributed by atoms with Gasteiger partial charge in [-0.05, 0) is 70.5 Å². The Morgan fingerprint density at radius 2 is 1.13 bits per heavy atom. The van der Waals surface area contributed by atoms with Gasteiger partial charge in [-0.1, -0.05) is 156 Å². The fourth-order valence-corrected chi connectivity index (χ4v) is 7.76. The lowest BCUT2D eigenvalue weighted by Crippen LogP contribution is -2.43. The van der Waals surface area contributed by atoms with Crippen LogP contribution in [0.2, 0.25) is 0 Å². The number of carbonyl (C=O) groups excluding carboxylic acids is 2. The molecule has 0 amide bonds. The maximum absolute atomic E-state index is 12.8. The lowest BCUT2D eigenvalue weighted by atomic mass is 9.95. The second-order valence-corrected chi connectivity index (χ2v) is 16.5. The molecule has 0 radical (unpaired) electrons. The van der Waals surface area contributed by atoms with Crippen molar-refractivity contribution in [3.63, 3.8) is 0 Å². The van der Waals surface area contributed by atoms with Crippen molar-refractivity contribution in [1.29, 1.82) is 0 Å². The number of hydrogen-bond donors (Lipinski definition) is 0. The van der Waals surface area contributed by atoms with E-state index in [1.165, 1.54) is 174 Å². The number of likely N-dealkylation sites (tertiary alicyclic amines) is 1. The SMILES string of the molecule is CCCCCCCCCCCCOCC(CN(CCCCCC(=O)OCC(CCCCCC)CCCCCCCC)CCN1CCCCC1)OC(C)=O. The van der Waals surface area contributed by atoms with Crippen molar-refractivity contribution in [1.82, 2.24) is 9.80 Å². The van der Waals surface area contributed by atoms with Crippen molar-refractivity contribution in [2.24, 2.45) is 5.92 Å². The van der Waals surface area contributed by atoms with Crippen LogP contribution >= 0.6 is 0 Å². The average Bonchev–Trinajstić information content (AvgIpc) is 3.15. The Bertz CT molecular complexity index is 805. The molecule has 1 fully saturated rings. The first kappa shape index (κ1) is 49.8. The number of hydrogen-bond acceptors (Lipinski definition) is 7.